The molecule has 0 saturated carbocycles. The first-order valence-electron chi connectivity index (χ1n) is 7.63. The van der Waals surface area contributed by atoms with Gasteiger partial charge in [0.1, 0.15) is 5.75 Å². The van der Waals surface area contributed by atoms with Gasteiger partial charge in [0, 0.05) is 12.5 Å². The summed E-state index contributed by atoms with van der Waals surface area (Å²) in [5.41, 5.74) is 0.121. The summed E-state index contributed by atoms with van der Waals surface area (Å²) in [5, 5.41) is 0. The Labute approximate surface area is 143 Å². The maximum Gasteiger partial charge on any atom is 0.416 e. The van der Waals surface area contributed by atoms with Crippen molar-refractivity contribution in [2.75, 3.05) is 13.2 Å². The minimum atomic E-state index is -4.50. The Bertz CT molecular complexity index is 848. The fraction of sp³-hybridized carbons (Fsp3) is 0.294. The maximum atomic E-state index is 12.5. The lowest BCUT2D eigenvalue weighted by atomic mass is 9.97. The van der Waals surface area contributed by atoms with Crippen molar-refractivity contribution in [3.05, 3.63) is 59.7 Å². The highest BCUT2D eigenvalue weighted by molar-refractivity contribution is 7.89. The molecule has 1 heterocycles. The molecule has 0 aromatic heterocycles. The summed E-state index contributed by atoms with van der Waals surface area (Å²) in [5.74, 6) is 0.753. The molecule has 134 valence electrons. The summed E-state index contributed by atoms with van der Waals surface area (Å²) in [6, 6.07) is 11.0. The number of benzene rings is 2. The molecule has 8 heteroatoms. The van der Waals surface area contributed by atoms with E-state index in [1.165, 1.54) is 0 Å². The van der Waals surface area contributed by atoms with Crippen molar-refractivity contribution < 1.29 is 26.3 Å². The van der Waals surface area contributed by atoms with Crippen LogP contribution in [0.2, 0.25) is 0 Å². The van der Waals surface area contributed by atoms with Gasteiger partial charge >= 0.3 is 6.18 Å². The quantitative estimate of drug-likeness (QED) is 0.898. The molecule has 0 aliphatic carbocycles. The van der Waals surface area contributed by atoms with E-state index >= 15 is 0 Å². The van der Waals surface area contributed by atoms with Crippen LogP contribution in [0.4, 0.5) is 13.2 Å². The molecule has 0 amide bonds. The zero-order valence-corrected chi connectivity index (χ0v) is 13.9. The molecular formula is C17H16F3NO3S. The highest BCUT2D eigenvalue weighted by Gasteiger charge is 2.30. The van der Waals surface area contributed by atoms with Gasteiger partial charge in [0.05, 0.1) is 17.1 Å². The molecule has 2 aromatic carbocycles. The molecule has 0 fully saturated rings. The van der Waals surface area contributed by atoms with E-state index < -0.39 is 21.8 Å². The lowest BCUT2D eigenvalue weighted by Gasteiger charge is -2.25. The standard InChI is InChI=1S/C17H16F3NO3S/c18-17(19,20)14-5-7-15(8-6-14)25(22,23)21-10-12-9-13-3-1-2-4-16(13)24-11-12/h1-8,12,21H,9-11H2. The zero-order chi connectivity index (χ0) is 18.1. The van der Waals surface area contributed by atoms with Crippen LogP contribution in [-0.2, 0) is 22.6 Å². The van der Waals surface area contributed by atoms with Crippen LogP contribution in [0.1, 0.15) is 11.1 Å². The fourth-order valence-corrected chi connectivity index (χ4v) is 3.77. The Morgan fingerprint density at radius 2 is 1.76 bits per heavy atom. The predicted octanol–water partition coefficient (Wildman–Crippen LogP) is 3.24. The number of alkyl halides is 3. The molecule has 1 aliphatic rings. The highest BCUT2D eigenvalue weighted by atomic mass is 32.2. The third-order valence-corrected chi connectivity index (χ3v) is 5.45. The molecule has 3 rings (SSSR count). The Hall–Kier alpha value is -2.06. The van der Waals surface area contributed by atoms with E-state index in [0.29, 0.717) is 13.0 Å². The summed E-state index contributed by atoms with van der Waals surface area (Å²) in [4.78, 5) is -0.197. The van der Waals surface area contributed by atoms with Crippen LogP contribution in [0.5, 0.6) is 5.75 Å². The Morgan fingerprint density at radius 3 is 2.44 bits per heavy atom. The van der Waals surface area contributed by atoms with Crippen molar-refractivity contribution in [1.29, 1.82) is 0 Å². The van der Waals surface area contributed by atoms with E-state index in [4.69, 9.17) is 4.74 Å². The van der Waals surface area contributed by atoms with Gasteiger partial charge in [-0.05, 0) is 42.3 Å². The summed E-state index contributed by atoms with van der Waals surface area (Å²) in [6.07, 6.45) is -3.83. The SMILES string of the molecule is O=S(=O)(NCC1COc2ccccc2C1)c1ccc(C(F)(F)F)cc1. The maximum absolute atomic E-state index is 12.5. The number of hydrogen-bond acceptors (Lipinski definition) is 3. The minimum Gasteiger partial charge on any atom is -0.493 e. The van der Waals surface area contributed by atoms with Gasteiger partial charge in [-0.15, -0.1) is 0 Å². The molecule has 4 nitrogen and oxygen atoms in total. The second-order valence-electron chi connectivity index (χ2n) is 5.86. The molecule has 0 bridgehead atoms. The number of rotatable bonds is 4. The lowest BCUT2D eigenvalue weighted by molar-refractivity contribution is -0.137. The molecule has 2 aromatic rings. The van der Waals surface area contributed by atoms with Gasteiger partial charge < -0.3 is 4.74 Å². The third-order valence-electron chi connectivity index (χ3n) is 4.01. The van der Waals surface area contributed by atoms with Crippen LogP contribution in [-0.4, -0.2) is 21.6 Å². The van der Waals surface area contributed by atoms with Crippen LogP contribution < -0.4 is 9.46 Å². The average molecular weight is 371 g/mol. The van der Waals surface area contributed by atoms with E-state index in [1.807, 2.05) is 24.3 Å². The van der Waals surface area contributed by atoms with E-state index in [9.17, 15) is 21.6 Å². The van der Waals surface area contributed by atoms with E-state index in [2.05, 4.69) is 4.72 Å². The van der Waals surface area contributed by atoms with Gasteiger partial charge in [0.15, 0.2) is 0 Å². The zero-order valence-electron chi connectivity index (χ0n) is 13.1. The van der Waals surface area contributed by atoms with Crippen LogP contribution >= 0.6 is 0 Å². The van der Waals surface area contributed by atoms with Gasteiger partial charge in [-0.3, -0.25) is 0 Å². The summed E-state index contributed by atoms with van der Waals surface area (Å²) in [6.45, 7) is 0.532. The molecular weight excluding hydrogens is 355 g/mol. The predicted molar refractivity (Wildman–Crippen MR) is 85.8 cm³/mol. The molecule has 1 atom stereocenters. The monoisotopic (exact) mass is 371 g/mol. The van der Waals surface area contributed by atoms with Crippen LogP contribution in [0.15, 0.2) is 53.4 Å². The molecule has 1 N–H and O–H groups in total. The van der Waals surface area contributed by atoms with Crippen LogP contribution in [0.3, 0.4) is 0 Å². The number of sulfonamides is 1. The van der Waals surface area contributed by atoms with Crippen molar-refractivity contribution in [1.82, 2.24) is 4.72 Å². The molecule has 0 radical (unpaired) electrons. The number of nitrogens with one attached hydrogen (secondary N) is 1. The number of ether oxygens (including phenoxy) is 1. The summed E-state index contributed by atoms with van der Waals surface area (Å²) < 4.78 is 70.2. The first-order valence-corrected chi connectivity index (χ1v) is 9.12. The number of para-hydroxylation sites is 1. The number of halogens is 3. The van der Waals surface area contributed by atoms with E-state index in [1.54, 1.807) is 0 Å². The molecule has 0 saturated heterocycles. The fourth-order valence-electron chi connectivity index (χ4n) is 2.66. The van der Waals surface area contributed by atoms with Crippen LogP contribution in [0.25, 0.3) is 0 Å². The smallest absolute Gasteiger partial charge is 0.416 e. The van der Waals surface area contributed by atoms with Crippen LogP contribution in [0, 0.1) is 5.92 Å². The van der Waals surface area contributed by atoms with Crippen molar-refractivity contribution >= 4 is 10.0 Å². The molecule has 1 aliphatic heterocycles. The Kier molecular flexibility index (Phi) is 4.75. The first kappa shape index (κ1) is 17.8. The van der Waals surface area contributed by atoms with Crippen molar-refractivity contribution in [2.45, 2.75) is 17.5 Å². The van der Waals surface area contributed by atoms with Crippen molar-refractivity contribution in [2.24, 2.45) is 5.92 Å². The number of fused-ring (bicyclic) bond motifs is 1. The lowest BCUT2D eigenvalue weighted by Crippen LogP contribution is -2.34. The van der Waals surface area contributed by atoms with Gasteiger partial charge in [-0.1, -0.05) is 18.2 Å². The van der Waals surface area contributed by atoms with E-state index in [-0.39, 0.29) is 17.4 Å². The normalized spacial score (nSPS) is 17.6. The van der Waals surface area contributed by atoms with E-state index in [0.717, 1.165) is 35.6 Å². The second-order valence-corrected chi connectivity index (χ2v) is 7.63. The van der Waals surface area contributed by atoms with Gasteiger partial charge in [0.25, 0.3) is 0 Å². The van der Waals surface area contributed by atoms with Crippen molar-refractivity contribution in [3.63, 3.8) is 0 Å². The highest BCUT2D eigenvalue weighted by Crippen LogP contribution is 2.30. The third kappa shape index (κ3) is 4.13. The second kappa shape index (κ2) is 6.68. The first-order chi connectivity index (χ1) is 11.8. The minimum absolute atomic E-state index is 0.0425. The Balaban J connectivity index is 1.65. The topological polar surface area (TPSA) is 55.4 Å². The molecule has 1 unspecified atom stereocenters. The van der Waals surface area contributed by atoms with Gasteiger partial charge in [0.2, 0.25) is 10.0 Å². The molecule has 0 spiro atoms. The number of hydrogen-bond donors (Lipinski definition) is 1. The summed E-state index contributed by atoms with van der Waals surface area (Å²) >= 11 is 0. The largest absolute Gasteiger partial charge is 0.493 e. The van der Waals surface area contributed by atoms with Crippen molar-refractivity contribution in [3.8, 4) is 5.75 Å². The molecule has 25 heavy (non-hydrogen) atoms. The van der Waals surface area contributed by atoms with Gasteiger partial charge in [-0.25, -0.2) is 13.1 Å². The van der Waals surface area contributed by atoms with Gasteiger partial charge in [-0.2, -0.15) is 13.2 Å². The Morgan fingerprint density at radius 1 is 1.08 bits per heavy atom. The summed E-state index contributed by atoms with van der Waals surface area (Å²) in [7, 11) is -3.87. The average Bonchev–Trinajstić information content (AvgIpc) is 2.59.